The Labute approximate surface area is 156 Å². The summed E-state index contributed by atoms with van der Waals surface area (Å²) in [6.45, 7) is 11.9. The third-order valence-corrected chi connectivity index (χ3v) is 4.89. The summed E-state index contributed by atoms with van der Waals surface area (Å²) >= 11 is 0. The zero-order valence-corrected chi connectivity index (χ0v) is 16.2. The minimum absolute atomic E-state index is 0.0145. The summed E-state index contributed by atoms with van der Waals surface area (Å²) in [5.74, 6) is 0. The van der Waals surface area contributed by atoms with Crippen LogP contribution in [0.5, 0.6) is 0 Å². The molecule has 0 bridgehead atoms. The van der Waals surface area contributed by atoms with Gasteiger partial charge in [0.15, 0.2) is 0 Å². The van der Waals surface area contributed by atoms with Crippen LogP contribution in [0.15, 0.2) is 48.5 Å². The fraction of sp³-hybridized carbons (Fsp3) is 0.409. The maximum Gasteiger partial charge on any atom is 0.321 e. The number of rotatable bonds is 2. The molecule has 0 unspecified atom stereocenters. The number of urea groups is 1. The topological polar surface area (TPSA) is 35.6 Å². The molecule has 2 amide bonds. The third-order valence-electron chi connectivity index (χ3n) is 4.89. The molecule has 0 radical (unpaired) electrons. The van der Waals surface area contributed by atoms with Gasteiger partial charge in [0.05, 0.1) is 0 Å². The second-order valence-corrected chi connectivity index (χ2v) is 8.04. The smallest absolute Gasteiger partial charge is 0.321 e. The third kappa shape index (κ3) is 4.18. The molecule has 1 N–H and O–H groups in total. The lowest BCUT2D eigenvalue weighted by Gasteiger charge is -2.38. The number of carbonyl (C=O) groups is 1. The molecule has 1 saturated heterocycles. The second-order valence-electron chi connectivity index (χ2n) is 8.04. The van der Waals surface area contributed by atoms with E-state index in [1.54, 1.807) is 0 Å². The molecule has 4 heteroatoms. The molecule has 1 heterocycles. The van der Waals surface area contributed by atoms with E-state index in [9.17, 15) is 4.79 Å². The lowest BCUT2D eigenvalue weighted by Crippen LogP contribution is -2.50. The highest BCUT2D eigenvalue weighted by molar-refractivity contribution is 5.89. The minimum Gasteiger partial charge on any atom is -0.368 e. The van der Waals surface area contributed by atoms with Crippen LogP contribution in [0.3, 0.4) is 0 Å². The Morgan fingerprint density at radius 3 is 2.31 bits per heavy atom. The van der Waals surface area contributed by atoms with Gasteiger partial charge in [-0.3, -0.25) is 0 Å². The molecule has 0 spiro atoms. The molecule has 3 rings (SSSR count). The van der Waals surface area contributed by atoms with E-state index in [-0.39, 0.29) is 11.4 Å². The SMILES string of the molecule is Cc1cccc(NC(=O)N2CCN(c3ccccc3C(C)(C)C)CC2)c1. The highest BCUT2D eigenvalue weighted by Crippen LogP contribution is 2.32. The number of nitrogens with zero attached hydrogens (tertiary/aromatic N) is 2. The van der Waals surface area contributed by atoms with Crippen LogP contribution in [-0.2, 0) is 5.41 Å². The van der Waals surface area contributed by atoms with Gasteiger partial charge in [-0.15, -0.1) is 0 Å². The maximum atomic E-state index is 12.5. The molecule has 0 aromatic heterocycles. The first-order chi connectivity index (χ1) is 12.3. The van der Waals surface area contributed by atoms with E-state index in [0.717, 1.165) is 37.4 Å². The normalized spacial score (nSPS) is 15.1. The number of piperazine rings is 1. The quantitative estimate of drug-likeness (QED) is 0.855. The van der Waals surface area contributed by atoms with Crippen LogP contribution in [0, 0.1) is 6.92 Å². The van der Waals surface area contributed by atoms with Crippen LogP contribution < -0.4 is 10.2 Å². The largest absolute Gasteiger partial charge is 0.368 e. The number of nitrogens with one attached hydrogen (secondary N) is 1. The van der Waals surface area contributed by atoms with Crippen molar-refractivity contribution in [3.05, 3.63) is 59.7 Å². The fourth-order valence-corrected chi connectivity index (χ4v) is 3.46. The van der Waals surface area contributed by atoms with E-state index in [4.69, 9.17) is 0 Å². The first-order valence-corrected chi connectivity index (χ1v) is 9.31. The number of carbonyl (C=O) groups excluding carboxylic acids is 1. The molecule has 2 aromatic carbocycles. The van der Waals surface area contributed by atoms with Gasteiger partial charge in [0.2, 0.25) is 0 Å². The fourth-order valence-electron chi connectivity index (χ4n) is 3.46. The summed E-state index contributed by atoms with van der Waals surface area (Å²) in [6.07, 6.45) is 0. The Bertz CT molecular complexity index is 771. The molecule has 138 valence electrons. The first-order valence-electron chi connectivity index (χ1n) is 9.31. The predicted octanol–water partition coefficient (Wildman–Crippen LogP) is 4.65. The van der Waals surface area contributed by atoms with Crippen molar-refractivity contribution in [1.82, 2.24) is 4.90 Å². The van der Waals surface area contributed by atoms with Gasteiger partial charge in [0.1, 0.15) is 0 Å². The minimum atomic E-state index is -0.0145. The molecule has 0 atom stereocenters. The van der Waals surface area contributed by atoms with Crippen molar-refractivity contribution in [2.24, 2.45) is 0 Å². The zero-order valence-electron chi connectivity index (χ0n) is 16.2. The summed E-state index contributed by atoms with van der Waals surface area (Å²) < 4.78 is 0. The molecule has 26 heavy (non-hydrogen) atoms. The number of hydrogen-bond donors (Lipinski definition) is 1. The van der Waals surface area contributed by atoms with Crippen LogP contribution in [-0.4, -0.2) is 37.1 Å². The zero-order chi connectivity index (χ0) is 18.7. The van der Waals surface area contributed by atoms with Crippen LogP contribution in [0.1, 0.15) is 31.9 Å². The van der Waals surface area contributed by atoms with Crippen LogP contribution >= 0.6 is 0 Å². The van der Waals surface area contributed by atoms with Gasteiger partial charge in [-0.25, -0.2) is 4.79 Å². The van der Waals surface area contributed by atoms with E-state index in [1.807, 2.05) is 36.1 Å². The molecule has 4 nitrogen and oxygen atoms in total. The molecule has 1 aliphatic heterocycles. The lowest BCUT2D eigenvalue weighted by atomic mass is 9.85. The van der Waals surface area contributed by atoms with Gasteiger partial charge < -0.3 is 15.1 Å². The highest BCUT2D eigenvalue weighted by atomic mass is 16.2. The summed E-state index contributed by atoms with van der Waals surface area (Å²) in [5.41, 5.74) is 4.76. The van der Waals surface area contributed by atoms with Crippen LogP contribution in [0.4, 0.5) is 16.2 Å². The number of anilines is 2. The Kier molecular flexibility index (Phi) is 5.21. The van der Waals surface area contributed by atoms with Gasteiger partial charge in [-0.2, -0.15) is 0 Å². The van der Waals surface area contributed by atoms with Gasteiger partial charge in [-0.1, -0.05) is 51.1 Å². The summed E-state index contributed by atoms with van der Waals surface area (Å²) in [4.78, 5) is 16.8. The first kappa shape index (κ1) is 18.3. The maximum absolute atomic E-state index is 12.5. The molecular weight excluding hydrogens is 322 g/mol. The molecule has 0 aliphatic carbocycles. The van der Waals surface area contributed by atoms with E-state index >= 15 is 0 Å². The van der Waals surface area contributed by atoms with Crippen molar-refractivity contribution in [1.29, 1.82) is 0 Å². The molecule has 1 aliphatic rings. The Morgan fingerprint density at radius 1 is 0.962 bits per heavy atom. The number of aryl methyl sites for hydroxylation is 1. The summed E-state index contributed by atoms with van der Waals surface area (Å²) in [6, 6.07) is 16.5. The van der Waals surface area contributed by atoms with Crippen LogP contribution in [0.2, 0.25) is 0 Å². The van der Waals surface area contributed by atoms with Gasteiger partial charge in [0, 0.05) is 37.6 Å². The van der Waals surface area contributed by atoms with Gasteiger partial charge >= 0.3 is 6.03 Å². The number of amides is 2. The van der Waals surface area contributed by atoms with Gasteiger partial charge in [0.25, 0.3) is 0 Å². The predicted molar refractivity (Wildman–Crippen MR) is 109 cm³/mol. The van der Waals surface area contributed by atoms with E-state index in [0.29, 0.717) is 0 Å². The van der Waals surface area contributed by atoms with Crippen molar-refractivity contribution in [2.75, 3.05) is 36.4 Å². The molecule has 2 aromatic rings. The van der Waals surface area contributed by atoms with Crippen molar-refractivity contribution in [3.8, 4) is 0 Å². The van der Waals surface area contributed by atoms with Crippen molar-refractivity contribution >= 4 is 17.4 Å². The van der Waals surface area contributed by atoms with Gasteiger partial charge in [-0.05, 0) is 41.7 Å². The molecule has 1 fully saturated rings. The van der Waals surface area contributed by atoms with Crippen molar-refractivity contribution in [2.45, 2.75) is 33.1 Å². The number of hydrogen-bond acceptors (Lipinski definition) is 2. The highest BCUT2D eigenvalue weighted by Gasteiger charge is 2.25. The Hall–Kier alpha value is -2.49. The average Bonchev–Trinajstić information content (AvgIpc) is 2.61. The van der Waals surface area contributed by atoms with Crippen molar-refractivity contribution in [3.63, 3.8) is 0 Å². The average molecular weight is 351 g/mol. The standard InChI is InChI=1S/C22H29N3O/c1-17-8-7-9-18(16-17)23-21(26)25-14-12-24(13-15-25)20-11-6-5-10-19(20)22(2,3)4/h5-11,16H,12-15H2,1-4H3,(H,23,26). The van der Waals surface area contributed by atoms with E-state index in [2.05, 4.69) is 55.3 Å². The van der Waals surface area contributed by atoms with E-state index in [1.165, 1.54) is 11.3 Å². The van der Waals surface area contributed by atoms with Crippen LogP contribution in [0.25, 0.3) is 0 Å². The molecule has 0 saturated carbocycles. The summed E-state index contributed by atoms with van der Waals surface area (Å²) in [7, 11) is 0. The monoisotopic (exact) mass is 351 g/mol. The number of benzene rings is 2. The second kappa shape index (κ2) is 7.40. The van der Waals surface area contributed by atoms with E-state index < -0.39 is 0 Å². The Morgan fingerprint density at radius 2 is 1.65 bits per heavy atom. The molecular formula is C22H29N3O. The Balaban J connectivity index is 1.64. The summed E-state index contributed by atoms with van der Waals surface area (Å²) in [5, 5.41) is 3.01. The number of para-hydroxylation sites is 1. The van der Waals surface area contributed by atoms with Crippen molar-refractivity contribution < 1.29 is 4.79 Å². The lowest BCUT2D eigenvalue weighted by molar-refractivity contribution is 0.208.